The van der Waals surface area contributed by atoms with E-state index in [2.05, 4.69) is 11.4 Å². The van der Waals surface area contributed by atoms with E-state index in [1.165, 1.54) is 4.88 Å². The molecule has 98 valence electrons. The van der Waals surface area contributed by atoms with Crippen molar-refractivity contribution in [2.75, 3.05) is 0 Å². The summed E-state index contributed by atoms with van der Waals surface area (Å²) in [5, 5.41) is 4.72. The molecule has 1 saturated heterocycles. The van der Waals surface area contributed by atoms with Crippen molar-refractivity contribution < 1.29 is 9.59 Å². The topological polar surface area (TPSA) is 49.4 Å². The minimum Gasteiger partial charge on any atom is -0.343 e. The molecule has 1 aliphatic heterocycles. The highest BCUT2D eigenvalue weighted by Gasteiger charge is 2.38. The van der Waals surface area contributed by atoms with Gasteiger partial charge in [0.05, 0.1) is 0 Å². The van der Waals surface area contributed by atoms with Crippen molar-refractivity contribution in [3.63, 3.8) is 0 Å². The highest BCUT2D eigenvalue weighted by Crippen LogP contribution is 2.19. The van der Waals surface area contributed by atoms with Gasteiger partial charge in [0.15, 0.2) is 0 Å². The first-order chi connectivity index (χ1) is 8.50. The van der Waals surface area contributed by atoms with Gasteiger partial charge in [-0.15, -0.1) is 11.3 Å². The highest BCUT2D eigenvalue weighted by molar-refractivity contribution is 7.09. The summed E-state index contributed by atoms with van der Waals surface area (Å²) in [4.78, 5) is 26.9. The molecule has 5 heteroatoms. The summed E-state index contributed by atoms with van der Waals surface area (Å²) >= 11 is 1.68. The number of nitrogens with one attached hydrogen (secondary N) is 1. The summed E-state index contributed by atoms with van der Waals surface area (Å²) in [6.45, 7) is 5.51. The minimum atomic E-state index is -0.417. The maximum absolute atomic E-state index is 12.2. The summed E-state index contributed by atoms with van der Waals surface area (Å²) in [7, 11) is 0. The Kier molecular flexibility index (Phi) is 3.71. The van der Waals surface area contributed by atoms with Gasteiger partial charge in [-0.25, -0.2) is 0 Å². The van der Waals surface area contributed by atoms with Gasteiger partial charge in [-0.1, -0.05) is 6.07 Å². The van der Waals surface area contributed by atoms with Crippen molar-refractivity contribution in [1.29, 1.82) is 0 Å². The Hall–Kier alpha value is -1.36. The van der Waals surface area contributed by atoms with E-state index in [1.807, 2.05) is 18.4 Å². The Morgan fingerprint density at radius 3 is 2.78 bits per heavy atom. The molecule has 1 N–H and O–H groups in total. The lowest BCUT2D eigenvalue weighted by Crippen LogP contribution is -2.63. The third-order valence-corrected chi connectivity index (χ3v) is 4.23. The molecule has 2 amide bonds. The molecule has 1 aromatic rings. The van der Waals surface area contributed by atoms with E-state index in [9.17, 15) is 9.59 Å². The molecular weight excluding hydrogens is 248 g/mol. The molecule has 3 atom stereocenters. The Bertz CT molecular complexity index is 444. The van der Waals surface area contributed by atoms with Gasteiger partial charge in [0.2, 0.25) is 11.8 Å². The number of rotatable bonds is 3. The number of amides is 2. The lowest BCUT2D eigenvalue weighted by Gasteiger charge is -2.40. The largest absolute Gasteiger partial charge is 0.343 e. The first kappa shape index (κ1) is 13.1. The predicted molar refractivity (Wildman–Crippen MR) is 71.4 cm³/mol. The second-order valence-corrected chi connectivity index (χ2v) is 5.82. The smallest absolute Gasteiger partial charge is 0.245 e. The van der Waals surface area contributed by atoms with Crippen LogP contribution in [-0.4, -0.2) is 34.8 Å². The average Bonchev–Trinajstić information content (AvgIpc) is 2.79. The van der Waals surface area contributed by atoms with E-state index < -0.39 is 6.04 Å². The van der Waals surface area contributed by atoms with Crippen molar-refractivity contribution in [3.05, 3.63) is 22.4 Å². The lowest BCUT2D eigenvalue weighted by molar-refractivity contribution is -0.150. The maximum atomic E-state index is 12.2. The Labute approximate surface area is 111 Å². The third-order valence-electron chi connectivity index (χ3n) is 3.33. The Morgan fingerprint density at radius 2 is 2.17 bits per heavy atom. The summed E-state index contributed by atoms with van der Waals surface area (Å²) in [5.74, 6) is -0.0636. The zero-order chi connectivity index (χ0) is 13.3. The fourth-order valence-electron chi connectivity index (χ4n) is 2.35. The molecule has 0 aliphatic carbocycles. The molecule has 0 bridgehead atoms. The summed E-state index contributed by atoms with van der Waals surface area (Å²) < 4.78 is 0. The van der Waals surface area contributed by atoms with Crippen LogP contribution in [0.15, 0.2) is 17.5 Å². The zero-order valence-electron chi connectivity index (χ0n) is 10.8. The number of hydrogen-bond donors (Lipinski definition) is 1. The molecule has 0 saturated carbocycles. The molecule has 2 rings (SSSR count). The molecular formula is C13H18N2O2S. The van der Waals surface area contributed by atoms with Crippen molar-refractivity contribution in [1.82, 2.24) is 10.2 Å². The van der Waals surface area contributed by atoms with Crippen LogP contribution in [0.5, 0.6) is 0 Å². The van der Waals surface area contributed by atoms with Crippen LogP contribution in [0.25, 0.3) is 0 Å². The van der Waals surface area contributed by atoms with E-state index in [4.69, 9.17) is 0 Å². The molecule has 3 unspecified atom stereocenters. The number of thiophene rings is 1. The predicted octanol–water partition coefficient (Wildman–Crippen LogP) is 1.41. The van der Waals surface area contributed by atoms with Gasteiger partial charge in [0.1, 0.15) is 12.1 Å². The number of hydrogen-bond acceptors (Lipinski definition) is 3. The summed E-state index contributed by atoms with van der Waals surface area (Å²) in [6, 6.07) is 3.30. The maximum Gasteiger partial charge on any atom is 0.245 e. The quantitative estimate of drug-likeness (QED) is 0.899. The number of carbonyl (C=O) groups is 2. The van der Waals surface area contributed by atoms with Crippen LogP contribution >= 0.6 is 11.3 Å². The van der Waals surface area contributed by atoms with E-state index in [0.29, 0.717) is 0 Å². The minimum absolute atomic E-state index is 0.00570. The fourth-order valence-corrected chi connectivity index (χ4v) is 3.18. The SMILES string of the molecule is CC1NC(=O)C(C)N(C(C)Cc2cccs2)C1=O. The second kappa shape index (κ2) is 5.10. The molecule has 1 aliphatic rings. The van der Waals surface area contributed by atoms with Crippen molar-refractivity contribution >= 4 is 23.2 Å². The molecule has 18 heavy (non-hydrogen) atoms. The van der Waals surface area contributed by atoms with Crippen LogP contribution in [-0.2, 0) is 16.0 Å². The van der Waals surface area contributed by atoms with Crippen LogP contribution < -0.4 is 5.32 Å². The van der Waals surface area contributed by atoms with Gasteiger partial charge < -0.3 is 10.2 Å². The molecule has 1 aromatic heterocycles. The number of nitrogens with zero attached hydrogens (tertiary/aromatic N) is 1. The van der Waals surface area contributed by atoms with Gasteiger partial charge >= 0.3 is 0 Å². The molecule has 4 nitrogen and oxygen atoms in total. The summed E-state index contributed by atoms with van der Waals surface area (Å²) in [6.07, 6.45) is 0.799. The zero-order valence-corrected chi connectivity index (χ0v) is 11.7. The summed E-state index contributed by atoms with van der Waals surface area (Å²) in [5.41, 5.74) is 0. The molecule has 1 fully saturated rings. The van der Waals surface area contributed by atoms with Crippen LogP contribution in [0, 0.1) is 0 Å². The second-order valence-electron chi connectivity index (χ2n) is 4.78. The standard InChI is InChI=1S/C13H18N2O2S/c1-8(7-11-5-4-6-18-11)15-10(3)12(16)14-9(2)13(15)17/h4-6,8-10H,7H2,1-3H3,(H,14,16). The van der Waals surface area contributed by atoms with Crippen molar-refractivity contribution in [3.8, 4) is 0 Å². The van der Waals surface area contributed by atoms with Crippen LogP contribution in [0.4, 0.5) is 0 Å². The van der Waals surface area contributed by atoms with Crippen molar-refractivity contribution in [2.45, 2.75) is 45.3 Å². The molecule has 2 heterocycles. The first-order valence-electron chi connectivity index (χ1n) is 6.15. The number of piperazine rings is 1. The Balaban J connectivity index is 2.13. The molecule has 0 aromatic carbocycles. The average molecular weight is 266 g/mol. The monoisotopic (exact) mass is 266 g/mol. The van der Waals surface area contributed by atoms with Gasteiger partial charge in [-0.3, -0.25) is 9.59 Å². The van der Waals surface area contributed by atoms with E-state index >= 15 is 0 Å². The normalized spacial score (nSPS) is 26.1. The van der Waals surface area contributed by atoms with E-state index in [0.717, 1.165) is 6.42 Å². The van der Waals surface area contributed by atoms with Crippen LogP contribution in [0.3, 0.4) is 0 Å². The molecule has 0 spiro atoms. The highest BCUT2D eigenvalue weighted by atomic mass is 32.1. The van der Waals surface area contributed by atoms with Gasteiger partial charge in [-0.2, -0.15) is 0 Å². The van der Waals surface area contributed by atoms with E-state index in [1.54, 1.807) is 30.1 Å². The van der Waals surface area contributed by atoms with Gasteiger partial charge in [0, 0.05) is 17.3 Å². The number of carbonyl (C=O) groups excluding carboxylic acids is 2. The van der Waals surface area contributed by atoms with Gasteiger partial charge in [-0.05, 0) is 32.2 Å². The van der Waals surface area contributed by atoms with E-state index in [-0.39, 0.29) is 23.9 Å². The fraction of sp³-hybridized carbons (Fsp3) is 0.538. The van der Waals surface area contributed by atoms with Gasteiger partial charge in [0.25, 0.3) is 0 Å². The van der Waals surface area contributed by atoms with Crippen molar-refractivity contribution in [2.24, 2.45) is 0 Å². The van der Waals surface area contributed by atoms with Crippen LogP contribution in [0.1, 0.15) is 25.6 Å². The molecule has 0 radical (unpaired) electrons. The Morgan fingerprint density at radius 1 is 1.44 bits per heavy atom. The van der Waals surface area contributed by atoms with Crippen LogP contribution in [0.2, 0.25) is 0 Å². The third kappa shape index (κ3) is 2.41. The first-order valence-corrected chi connectivity index (χ1v) is 7.03. The lowest BCUT2D eigenvalue weighted by atomic mass is 10.0.